The van der Waals surface area contributed by atoms with E-state index in [0.29, 0.717) is 42.1 Å². The number of hydrogen-bond acceptors (Lipinski definition) is 4. The number of aliphatic hydroxyl groups excluding tert-OH is 1. The molecule has 0 amide bonds. The second-order valence-electron chi connectivity index (χ2n) is 4.39. The largest absolute Gasteiger partial charge is 0.389 e. The summed E-state index contributed by atoms with van der Waals surface area (Å²) < 4.78 is 10.4. The molecule has 0 radical (unpaired) electrons. The molecule has 114 valence electrons. The normalized spacial score (nSPS) is 12.4. The molecule has 4 nitrogen and oxygen atoms in total. The van der Waals surface area contributed by atoms with Crippen molar-refractivity contribution in [1.29, 1.82) is 0 Å². The maximum atomic E-state index is 9.78. The smallest absolute Gasteiger partial charge is 0.0945 e. The summed E-state index contributed by atoms with van der Waals surface area (Å²) in [6.45, 7) is 6.08. The lowest BCUT2D eigenvalue weighted by Gasteiger charge is -2.15. The molecule has 0 fully saturated rings. The molecule has 0 aliphatic carbocycles. The average molecular weight is 322 g/mol. The molecule has 1 aromatic rings. The van der Waals surface area contributed by atoms with Gasteiger partial charge in [-0.15, -0.1) is 0 Å². The lowest BCUT2D eigenvalue weighted by Crippen LogP contribution is -2.25. The fraction of sp³-hybridized carbons (Fsp3) is 0.571. The first-order chi connectivity index (χ1) is 9.54. The van der Waals surface area contributed by atoms with Crippen LogP contribution in [0.2, 0.25) is 10.0 Å². The second-order valence-corrected chi connectivity index (χ2v) is 5.20. The van der Waals surface area contributed by atoms with Gasteiger partial charge >= 0.3 is 0 Å². The van der Waals surface area contributed by atoms with Crippen molar-refractivity contribution in [1.82, 2.24) is 0 Å². The predicted molar refractivity (Wildman–Crippen MR) is 83.0 cm³/mol. The fourth-order valence-corrected chi connectivity index (χ4v) is 2.00. The summed E-state index contributed by atoms with van der Waals surface area (Å²) in [4.78, 5) is 0. The summed E-state index contributed by atoms with van der Waals surface area (Å²) in [7, 11) is 0. The summed E-state index contributed by atoms with van der Waals surface area (Å²) in [5.41, 5.74) is 1.62. The van der Waals surface area contributed by atoms with Crippen LogP contribution in [0.15, 0.2) is 12.1 Å². The first-order valence-electron chi connectivity index (χ1n) is 6.57. The molecule has 0 aliphatic heterocycles. The Bertz CT molecular complexity index is 416. The zero-order valence-electron chi connectivity index (χ0n) is 11.8. The van der Waals surface area contributed by atoms with E-state index in [9.17, 15) is 5.11 Å². The van der Waals surface area contributed by atoms with Gasteiger partial charge in [-0.05, 0) is 31.5 Å². The van der Waals surface area contributed by atoms with Crippen molar-refractivity contribution in [3.8, 4) is 0 Å². The van der Waals surface area contributed by atoms with Crippen molar-refractivity contribution < 1.29 is 14.6 Å². The van der Waals surface area contributed by atoms with E-state index in [1.165, 1.54) is 0 Å². The fourth-order valence-electron chi connectivity index (χ4n) is 1.55. The Labute approximate surface area is 130 Å². The summed E-state index contributed by atoms with van der Waals surface area (Å²) in [6.07, 6.45) is -0.618. The van der Waals surface area contributed by atoms with Gasteiger partial charge in [0.15, 0.2) is 0 Å². The molecule has 0 saturated carbocycles. The maximum Gasteiger partial charge on any atom is 0.0945 e. The van der Waals surface area contributed by atoms with Crippen molar-refractivity contribution in [3.05, 3.63) is 27.7 Å². The third kappa shape index (κ3) is 6.29. The van der Waals surface area contributed by atoms with E-state index in [2.05, 4.69) is 5.32 Å². The Balaban J connectivity index is 2.30. The van der Waals surface area contributed by atoms with Crippen molar-refractivity contribution in [2.75, 3.05) is 38.3 Å². The van der Waals surface area contributed by atoms with E-state index in [-0.39, 0.29) is 6.61 Å². The minimum Gasteiger partial charge on any atom is -0.389 e. The first kappa shape index (κ1) is 17.5. The minimum atomic E-state index is -0.618. The van der Waals surface area contributed by atoms with Crippen LogP contribution in [0.5, 0.6) is 0 Å². The number of halogens is 2. The molecular weight excluding hydrogens is 301 g/mol. The molecule has 1 unspecified atom stereocenters. The molecule has 0 saturated heterocycles. The van der Waals surface area contributed by atoms with E-state index < -0.39 is 6.10 Å². The Morgan fingerprint density at radius 2 is 1.90 bits per heavy atom. The minimum absolute atomic E-state index is 0.247. The number of ether oxygens (including phenoxy) is 2. The zero-order chi connectivity index (χ0) is 15.0. The van der Waals surface area contributed by atoms with E-state index in [0.717, 1.165) is 5.56 Å². The number of anilines is 1. The van der Waals surface area contributed by atoms with E-state index in [1.807, 2.05) is 13.8 Å². The number of nitrogens with one attached hydrogen (secondary N) is 1. The molecular formula is C14H21Cl2NO3. The van der Waals surface area contributed by atoms with Crippen LogP contribution >= 0.6 is 23.2 Å². The van der Waals surface area contributed by atoms with E-state index in [4.69, 9.17) is 32.7 Å². The monoisotopic (exact) mass is 321 g/mol. The van der Waals surface area contributed by atoms with Crippen LogP contribution in [0.25, 0.3) is 0 Å². The highest BCUT2D eigenvalue weighted by atomic mass is 35.5. The number of benzene rings is 1. The van der Waals surface area contributed by atoms with Crippen LogP contribution in [-0.2, 0) is 9.47 Å². The molecule has 0 spiro atoms. The number of aryl methyl sites for hydroxylation is 1. The van der Waals surface area contributed by atoms with Crippen LogP contribution in [-0.4, -0.2) is 44.2 Å². The average Bonchev–Trinajstić information content (AvgIpc) is 2.41. The quantitative estimate of drug-likeness (QED) is 0.686. The van der Waals surface area contributed by atoms with Crippen LogP contribution in [0.4, 0.5) is 5.69 Å². The van der Waals surface area contributed by atoms with Gasteiger partial charge in [0.25, 0.3) is 0 Å². The van der Waals surface area contributed by atoms with Crippen molar-refractivity contribution >= 4 is 28.9 Å². The highest BCUT2D eigenvalue weighted by Crippen LogP contribution is 2.28. The van der Waals surface area contributed by atoms with Crippen molar-refractivity contribution in [2.45, 2.75) is 20.0 Å². The van der Waals surface area contributed by atoms with E-state index >= 15 is 0 Å². The Hall–Kier alpha value is -0.520. The molecule has 0 bridgehead atoms. The van der Waals surface area contributed by atoms with Gasteiger partial charge in [0.05, 0.1) is 36.6 Å². The van der Waals surface area contributed by atoms with Crippen LogP contribution in [0.3, 0.4) is 0 Å². The lowest BCUT2D eigenvalue weighted by molar-refractivity contribution is 0.0103. The van der Waals surface area contributed by atoms with Gasteiger partial charge in [0, 0.05) is 18.2 Å². The maximum absolute atomic E-state index is 9.78. The molecule has 0 aromatic heterocycles. The van der Waals surface area contributed by atoms with Gasteiger partial charge in [0.2, 0.25) is 0 Å². The molecule has 0 heterocycles. The second kappa shape index (κ2) is 9.42. The molecule has 6 heteroatoms. The molecule has 20 heavy (non-hydrogen) atoms. The Morgan fingerprint density at radius 3 is 2.60 bits per heavy atom. The zero-order valence-corrected chi connectivity index (χ0v) is 13.3. The van der Waals surface area contributed by atoms with E-state index in [1.54, 1.807) is 12.1 Å². The SMILES string of the molecule is CCOCCOCC(O)CNc1cc(Cl)c(C)cc1Cl. The first-order valence-corrected chi connectivity index (χ1v) is 7.33. The third-order valence-electron chi connectivity index (χ3n) is 2.66. The molecule has 1 aromatic carbocycles. The van der Waals surface area contributed by atoms with Gasteiger partial charge in [-0.2, -0.15) is 0 Å². The Morgan fingerprint density at radius 1 is 1.20 bits per heavy atom. The van der Waals surface area contributed by atoms with Crippen molar-refractivity contribution in [2.24, 2.45) is 0 Å². The molecule has 1 rings (SSSR count). The van der Waals surface area contributed by atoms with Gasteiger partial charge in [0.1, 0.15) is 0 Å². The molecule has 1 atom stereocenters. The van der Waals surface area contributed by atoms with Gasteiger partial charge in [-0.25, -0.2) is 0 Å². The predicted octanol–water partition coefficient (Wildman–Crippen LogP) is 3.13. The van der Waals surface area contributed by atoms with Crippen molar-refractivity contribution in [3.63, 3.8) is 0 Å². The third-order valence-corrected chi connectivity index (χ3v) is 3.38. The molecule has 0 aliphatic rings. The van der Waals surface area contributed by atoms with Crippen LogP contribution in [0.1, 0.15) is 12.5 Å². The Kier molecular flexibility index (Phi) is 8.26. The summed E-state index contributed by atoms with van der Waals surface area (Å²) >= 11 is 12.1. The highest BCUT2D eigenvalue weighted by Gasteiger charge is 2.08. The van der Waals surface area contributed by atoms with Gasteiger partial charge in [-0.3, -0.25) is 0 Å². The number of rotatable bonds is 9. The summed E-state index contributed by atoms with van der Waals surface area (Å²) in [6, 6.07) is 3.54. The number of aliphatic hydroxyl groups is 1. The molecule has 2 N–H and O–H groups in total. The van der Waals surface area contributed by atoms with Gasteiger partial charge in [-0.1, -0.05) is 23.2 Å². The van der Waals surface area contributed by atoms with Crippen LogP contribution < -0.4 is 5.32 Å². The highest BCUT2D eigenvalue weighted by molar-refractivity contribution is 6.35. The topological polar surface area (TPSA) is 50.7 Å². The summed E-state index contributed by atoms with van der Waals surface area (Å²) in [5, 5.41) is 14.1. The van der Waals surface area contributed by atoms with Gasteiger partial charge < -0.3 is 19.9 Å². The number of hydrogen-bond donors (Lipinski definition) is 2. The summed E-state index contributed by atoms with van der Waals surface area (Å²) in [5.74, 6) is 0. The van der Waals surface area contributed by atoms with Crippen LogP contribution in [0, 0.1) is 6.92 Å². The lowest BCUT2D eigenvalue weighted by atomic mass is 10.2. The standard InChI is InChI=1S/C14H21Cl2NO3/c1-3-19-4-5-20-9-11(18)8-17-14-7-12(15)10(2)6-13(14)16/h6-7,11,17-18H,3-5,8-9H2,1-2H3.